The maximum absolute atomic E-state index is 12.0. The van der Waals surface area contributed by atoms with Crippen LogP contribution in [0, 0.1) is 6.92 Å². The first-order valence-electron chi connectivity index (χ1n) is 8.38. The predicted molar refractivity (Wildman–Crippen MR) is 111 cm³/mol. The van der Waals surface area contributed by atoms with Crippen molar-refractivity contribution in [2.24, 2.45) is 0 Å². The minimum atomic E-state index is 0.0711. The third-order valence-electron chi connectivity index (χ3n) is 3.77. The molecule has 0 radical (unpaired) electrons. The van der Waals surface area contributed by atoms with E-state index in [1.54, 1.807) is 37.7 Å². The van der Waals surface area contributed by atoms with Crippen LogP contribution in [0.4, 0.5) is 0 Å². The van der Waals surface area contributed by atoms with Crippen LogP contribution in [0.1, 0.15) is 11.1 Å². The summed E-state index contributed by atoms with van der Waals surface area (Å²) in [5, 5.41) is 2.97. The van der Waals surface area contributed by atoms with Gasteiger partial charge in [-0.2, -0.15) is 0 Å². The molecular formula is C20H25NO3S2. The zero-order valence-corrected chi connectivity index (χ0v) is 17.0. The van der Waals surface area contributed by atoms with E-state index in [0.29, 0.717) is 12.3 Å². The average molecular weight is 392 g/mol. The summed E-state index contributed by atoms with van der Waals surface area (Å²) in [6, 6.07) is 14.2. The van der Waals surface area contributed by atoms with Crippen LogP contribution in [0.25, 0.3) is 0 Å². The molecular weight excluding hydrogens is 366 g/mol. The molecule has 0 spiro atoms. The Morgan fingerprint density at radius 1 is 1.08 bits per heavy atom. The summed E-state index contributed by atoms with van der Waals surface area (Å²) in [4.78, 5) is 13.2. The van der Waals surface area contributed by atoms with E-state index in [1.807, 2.05) is 37.3 Å². The molecule has 26 heavy (non-hydrogen) atoms. The third-order valence-corrected chi connectivity index (χ3v) is 5.76. The fourth-order valence-electron chi connectivity index (χ4n) is 2.36. The van der Waals surface area contributed by atoms with E-state index in [0.717, 1.165) is 34.1 Å². The lowest BCUT2D eigenvalue weighted by atomic mass is 10.1. The number of carbonyl (C=O) groups is 1. The third kappa shape index (κ3) is 6.50. The molecule has 0 saturated carbocycles. The molecule has 1 amide bonds. The summed E-state index contributed by atoms with van der Waals surface area (Å²) in [5.74, 6) is 3.60. The van der Waals surface area contributed by atoms with Crippen molar-refractivity contribution in [3.63, 3.8) is 0 Å². The van der Waals surface area contributed by atoms with Gasteiger partial charge < -0.3 is 14.8 Å². The van der Waals surface area contributed by atoms with Gasteiger partial charge in [-0.15, -0.1) is 23.5 Å². The number of hydrogen-bond acceptors (Lipinski definition) is 5. The van der Waals surface area contributed by atoms with Crippen molar-refractivity contribution in [3.8, 4) is 11.5 Å². The van der Waals surface area contributed by atoms with Gasteiger partial charge in [-0.25, -0.2) is 0 Å². The lowest BCUT2D eigenvalue weighted by Gasteiger charge is -2.12. The molecule has 0 atom stereocenters. The summed E-state index contributed by atoms with van der Waals surface area (Å²) < 4.78 is 10.6. The number of hydrogen-bond donors (Lipinski definition) is 1. The Hall–Kier alpha value is -1.79. The van der Waals surface area contributed by atoms with E-state index in [1.165, 1.54) is 4.90 Å². The highest BCUT2D eigenvalue weighted by molar-refractivity contribution is 7.99. The maximum Gasteiger partial charge on any atom is 0.230 e. The second kappa shape index (κ2) is 11.0. The van der Waals surface area contributed by atoms with Crippen molar-refractivity contribution in [1.82, 2.24) is 5.32 Å². The first-order valence-corrected chi connectivity index (χ1v) is 10.5. The van der Waals surface area contributed by atoms with Crippen LogP contribution in [0.3, 0.4) is 0 Å². The number of methoxy groups -OCH3 is 2. The van der Waals surface area contributed by atoms with Gasteiger partial charge in [0.05, 0.1) is 20.0 Å². The summed E-state index contributed by atoms with van der Waals surface area (Å²) >= 11 is 3.35. The van der Waals surface area contributed by atoms with Gasteiger partial charge in [0, 0.05) is 22.9 Å². The first kappa shape index (κ1) is 20.5. The number of amides is 1. The zero-order valence-electron chi connectivity index (χ0n) is 15.4. The van der Waals surface area contributed by atoms with E-state index in [2.05, 4.69) is 17.4 Å². The van der Waals surface area contributed by atoms with Crippen molar-refractivity contribution in [1.29, 1.82) is 0 Å². The molecule has 0 heterocycles. The Morgan fingerprint density at radius 2 is 1.77 bits per heavy atom. The molecule has 0 aliphatic heterocycles. The molecule has 140 valence electrons. The number of carbonyl (C=O) groups excluding carboxylic acids is 1. The van der Waals surface area contributed by atoms with Gasteiger partial charge in [0.1, 0.15) is 0 Å². The van der Waals surface area contributed by atoms with Gasteiger partial charge in [-0.3, -0.25) is 4.79 Å². The number of thioether (sulfide) groups is 2. The molecule has 0 saturated heterocycles. The molecule has 4 nitrogen and oxygen atoms in total. The Kier molecular flexibility index (Phi) is 8.71. The number of rotatable bonds is 10. The second-order valence-corrected chi connectivity index (χ2v) is 7.79. The van der Waals surface area contributed by atoms with Crippen LogP contribution < -0.4 is 14.8 Å². The standard InChI is InChI=1S/C20H25NO3S2/c1-15-11-18(23-2)19(24-3)12-16(15)13-25-14-20(22)21-9-10-26-17-7-5-4-6-8-17/h4-8,11-12H,9-10,13-14H2,1-3H3,(H,21,22). The normalized spacial score (nSPS) is 10.4. The van der Waals surface area contributed by atoms with E-state index in [-0.39, 0.29) is 5.91 Å². The second-order valence-electron chi connectivity index (χ2n) is 5.64. The smallest absolute Gasteiger partial charge is 0.230 e. The average Bonchev–Trinajstić information content (AvgIpc) is 2.67. The Balaban J connectivity index is 1.69. The SMILES string of the molecule is COc1cc(C)c(CSCC(=O)NCCSc2ccccc2)cc1OC. The van der Waals surface area contributed by atoms with E-state index < -0.39 is 0 Å². The minimum absolute atomic E-state index is 0.0711. The number of ether oxygens (including phenoxy) is 2. The van der Waals surface area contributed by atoms with Crippen molar-refractivity contribution in [3.05, 3.63) is 53.6 Å². The Morgan fingerprint density at radius 3 is 2.46 bits per heavy atom. The van der Waals surface area contributed by atoms with Gasteiger partial charge in [-0.1, -0.05) is 18.2 Å². The highest BCUT2D eigenvalue weighted by Crippen LogP contribution is 2.31. The van der Waals surface area contributed by atoms with Crippen LogP contribution in [0.5, 0.6) is 11.5 Å². The number of aryl methyl sites for hydroxylation is 1. The molecule has 6 heteroatoms. The molecule has 2 rings (SSSR count). The quantitative estimate of drug-likeness (QED) is 0.487. The number of benzene rings is 2. The zero-order chi connectivity index (χ0) is 18.8. The summed E-state index contributed by atoms with van der Waals surface area (Å²) in [6.07, 6.45) is 0. The molecule has 0 bridgehead atoms. The summed E-state index contributed by atoms with van der Waals surface area (Å²) in [5.41, 5.74) is 2.29. The van der Waals surface area contributed by atoms with Crippen molar-refractivity contribution in [2.75, 3.05) is 32.3 Å². The lowest BCUT2D eigenvalue weighted by Crippen LogP contribution is -2.27. The predicted octanol–water partition coefficient (Wildman–Crippen LogP) is 4.15. The van der Waals surface area contributed by atoms with Crippen molar-refractivity contribution >= 4 is 29.4 Å². The van der Waals surface area contributed by atoms with E-state index >= 15 is 0 Å². The van der Waals surface area contributed by atoms with Gasteiger partial charge in [-0.05, 0) is 42.3 Å². The van der Waals surface area contributed by atoms with Crippen LogP contribution in [0.15, 0.2) is 47.4 Å². The summed E-state index contributed by atoms with van der Waals surface area (Å²) in [7, 11) is 3.26. The summed E-state index contributed by atoms with van der Waals surface area (Å²) in [6.45, 7) is 2.72. The molecule has 0 aliphatic rings. The Bertz CT molecular complexity index is 708. The fourth-order valence-corrected chi connectivity index (χ4v) is 4.07. The van der Waals surface area contributed by atoms with Gasteiger partial charge in [0.25, 0.3) is 0 Å². The van der Waals surface area contributed by atoms with Crippen LogP contribution in [0.2, 0.25) is 0 Å². The molecule has 1 N–H and O–H groups in total. The van der Waals surface area contributed by atoms with Crippen molar-refractivity contribution in [2.45, 2.75) is 17.6 Å². The van der Waals surface area contributed by atoms with E-state index in [4.69, 9.17) is 9.47 Å². The first-order chi connectivity index (χ1) is 12.6. The highest BCUT2D eigenvalue weighted by atomic mass is 32.2. The van der Waals surface area contributed by atoms with Crippen LogP contribution >= 0.6 is 23.5 Å². The minimum Gasteiger partial charge on any atom is -0.493 e. The molecule has 0 unspecified atom stereocenters. The Labute approximate surface area is 164 Å². The molecule has 0 aromatic heterocycles. The molecule has 0 fully saturated rings. The highest BCUT2D eigenvalue weighted by Gasteiger charge is 2.09. The molecule has 0 aliphatic carbocycles. The van der Waals surface area contributed by atoms with Crippen LogP contribution in [-0.2, 0) is 10.5 Å². The van der Waals surface area contributed by atoms with Gasteiger partial charge >= 0.3 is 0 Å². The van der Waals surface area contributed by atoms with Crippen LogP contribution in [-0.4, -0.2) is 38.2 Å². The van der Waals surface area contributed by atoms with Crippen molar-refractivity contribution < 1.29 is 14.3 Å². The van der Waals surface area contributed by atoms with E-state index in [9.17, 15) is 4.79 Å². The largest absolute Gasteiger partial charge is 0.493 e. The van der Waals surface area contributed by atoms with Gasteiger partial charge in [0.2, 0.25) is 5.91 Å². The van der Waals surface area contributed by atoms with Gasteiger partial charge in [0.15, 0.2) is 11.5 Å². The fraction of sp³-hybridized carbons (Fsp3) is 0.350. The monoisotopic (exact) mass is 391 g/mol. The number of nitrogens with one attached hydrogen (secondary N) is 1. The lowest BCUT2D eigenvalue weighted by molar-refractivity contribution is -0.118. The topological polar surface area (TPSA) is 47.6 Å². The maximum atomic E-state index is 12.0. The molecule has 2 aromatic carbocycles. The molecule has 2 aromatic rings.